The molecule has 0 saturated heterocycles. The summed E-state index contributed by atoms with van der Waals surface area (Å²) in [5.74, 6) is -0.850. The second kappa shape index (κ2) is 6.81. The lowest BCUT2D eigenvalue weighted by Crippen LogP contribution is -2.19. The largest absolute Gasteiger partial charge is 0.320 e. The van der Waals surface area contributed by atoms with Crippen LogP contribution in [-0.2, 0) is 23.6 Å². The van der Waals surface area contributed by atoms with Crippen LogP contribution in [0.1, 0.15) is 21.6 Å². The maximum atomic E-state index is 12.5. The maximum Gasteiger partial charge on any atom is 0.274 e. The fourth-order valence-electron chi connectivity index (χ4n) is 2.15. The van der Waals surface area contributed by atoms with E-state index >= 15 is 0 Å². The van der Waals surface area contributed by atoms with Crippen LogP contribution in [-0.4, -0.2) is 34.4 Å². The summed E-state index contributed by atoms with van der Waals surface area (Å²) in [6.45, 7) is 1.86. The molecule has 0 unspecified atom stereocenters. The summed E-state index contributed by atoms with van der Waals surface area (Å²) >= 11 is 3.36. The average Bonchev–Trinajstić information content (AvgIpc) is 2.80. The third-order valence-electron chi connectivity index (χ3n) is 3.30. The number of carbonyl (C=O) groups excluding carboxylic acids is 1. The third kappa shape index (κ3) is 4.63. The van der Waals surface area contributed by atoms with Gasteiger partial charge in [0.05, 0.1) is 11.9 Å². The lowest BCUT2D eigenvalue weighted by atomic mass is 10.1. The van der Waals surface area contributed by atoms with Gasteiger partial charge in [-0.3, -0.25) is 14.0 Å². The zero-order valence-electron chi connectivity index (χ0n) is 12.6. The summed E-state index contributed by atoms with van der Waals surface area (Å²) in [7, 11) is -2.50. The Hall–Kier alpha value is -1.71. The quantitative estimate of drug-likeness (QED) is 0.747. The lowest BCUT2D eigenvalue weighted by molar-refractivity contribution is 0.101. The normalized spacial score (nSPS) is 11.5. The van der Waals surface area contributed by atoms with Crippen molar-refractivity contribution in [2.24, 2.45) is 7.05 Å². The van der Waals surface area contributed by atoms with Crippen LogP contribution in [0.2, 0.25) is 0 Å². The molecular formula is C14H16BrN3O4S. The van der Waals surface area contributed by atoms with Gasteiger partial charge in [0.2, 0.25) is 0 Å². The molecule has 0 bridgehead atoms. The number of aromatic nitrogens is 2. The van der Waals surface area contributed by atoms with Crippen LogP contribution in [0.3, 0.4) is 0 Å². The summed E-state index contributed by atoms with van der Waals surface area (Å²) in [4.78, 5) is 12.5. The Bertz CT molecular complexity index is 846. The Balaban J connectivity index is 2.23. The molecule has 1 heterocycles. The van der Waals surface area contributed by atoms with Crippen molar-refractivity contribution in [1.82, 2.24) is 9.78 Å². The van der Waals surface area contributed by atoms with Crippen molar-refractivity contribution < 1.29 is 17.8 Å². The average molecular weight is 402 g/mol. The molecule has 9 heteroatoms. The number of carbonyl (C=O) groups is 1. The smallest absolute Gasteiger partial charge is 0.274 e. The molecule has 1 amide bonds. The molecule has 0 saturated carbocycles. The minimum absolute atomic E-state index is 0.00868. The van der Waals surface area contributed by atoms with E-state index in [9.17, 15) is 13.2 Å². The van der Waals surface area contributed by atoms with Gasteiger partial charge in [-0.2, -0.15) is 13.5 Å². The van der Waals surface area contributed by atoms with Gasteiger partial charge in [0.25, 0.3) is 16.0 Å². The van der Waals surface area contributed by atoms with E-state index < -0.39 is 15.9 Å². The van der Waals surface area contributed by atoms with E-state index in [4.69, 9.17) is 4.55 Å². The Kier molecular flexibility index (Phi) is 5.23. The van der Waals surface area contributed by atoms with Gasteiger partial charge < -0.3 is 5.32 Å². The molecule has 1 aromatic carbocycles. The number of anilines is 1. The molecule has 7 nitrogen and oxygen atoms in total. The first kappa shape index (κ1) is 17.6. The number of halogens is 1. The summed E-state index contributed by atoms with van der Waals surface area (Å²) in [5, 5.41) is 6.77. The number of hydrogen-bond acceptors (Lipinski definition) is 4. The van der Waals surface area contributed by atoms with E-state index in [1.807, 2.05) is 19.1 Å². The van der Waals surface area contributed by atoms with Gasteiger partial charge in [0.1, 0.15) is 5.69 Å². The first-order valence-corrected chi connectivity index (χ1v) is 9.11. The molecule has 0 aliphatic carbocycles. The van der Waals surface area contributed by atoms with E-state index in [0.717, 1.165) is 10.0 Å². The van der Waals surface area contributed by atoms with Crippen molar-refractivity contribution in [1.29, 1.82) is 0 Å². The van der Waals surface area contributed by atoms with E-state index in [1.54, 1.807) is 13.1 Å². The zero-order chi connectivity index (χ0) is 17.2. The van der Waals surface area contributed by atoms with E-state index in [-0.39, 0.29) is 18.0 Å². The third-order valence-corrected chi connectivity index (χ3v) is 4.51. The van der Waals surface area contributed by atoms with Crippen LogP contribution in [0.4, 0.5) is 5.69 Å². The zero-order valence-corrected chi connectivity index (χ0v) is 15.0. The lowest BCUT2D eigenvalue weighted by Gasteiger charge is -2.10. The van der Waals surface area contributed by atoms with E-state index in [1.165, 1.54) is 10.9 Å². The number of aryl methyl sites for hydroxylation is 3. The number of benzene rings is 1. The van der Waals surface area contributed by atoms with Crippen molar-refractivity contribution in [2.75, 3.05) is 11.1 Å². The Labute approximate surface area is 142 Å². The van der Waals surface area contributed by atoms with Gasteiger partial charge >= 0.3 is 0 Å². The van der Waals surface area contributed by atoms with Crippen molar-refractivity contribution in [2.45, 2.75) is 13.3 Å². The molecular weight excluding hydrogens is 386 g/mol. The molecule has 0 fully saturated rings. The second-order valence-electron chi connectivity index (χ2n) is 5.09. The molecule has 2 aromatic rings. The molecule has 2 N–H and O–H groups in total. The Morgan fingerprint density at radius 1 is 1.43 bits per heavy atom. The van der Waals surface area contributed by atoms with Crippen molar-refractivity contribution in [3.8, 4) is 0 Å². The fourth-order valence-corrected chi connectivity index (χ4v) is 3.10. The Morgan fingerprint density at radius 3 is 2.74 bits per heavy atom. The number of nitrogens with zero attached hydrogens (tertiary/aromatic N) is 2. The van der Waals surface area contributed by atoms with Crippen molar-refractivity contribution >= 4 is 37.6 Å². The van der Waals surface area contributed by atoms with Crippen LogP contribution in [0.25, 0.3) is 0 Å². The molecule has 0 aliphatic rings. The molecule has 0 aliphatic heterocycles. The maximum absolute atomic E-state index is 12.5. The van der Waals surface area contributed by atoms with Gasteiger partial charge in [0.15, 0.2) is 0 Å². The minimum Gasteiger partial charge on any atom is -0.320 e. The van der Waals surface area contributed by atoms with Gasteiger partial charge in [-0.15, -0.1) is 0 Å². The molecule has 0 atom stereocenters. The highest BCUT2D eigenvalue weighted by Gasteiger charge is 2.19. The molecule has 0 radical (unpaired) electrons. The van der Waals surface area contributed by atoms with Crippen molar-refractivity contribution in [3.05, 3.63) is 45.7 Å². The number of rotatable bonds is 5. The number of hydrogen-bond donors (Lipinski definition) is 2. The first-order chi connectivity index (χ1) is 10.7. The van der Waals surface area contributed by atoms with Crippen LogP contribution in [0, 0.1) is 6.92 Å². The standard InChI is InChI=1S/C14H16BrN3O4S/c1-9-7-11(15)3-4-12(9)17-14(19)13-10(8-16-18(13)2)5-6-23(20,21)22/h3-4,7-8H,5-6H2,1-2H3,(H,17,19)(H,20,21,22). The summed E-state index contributed by atoms with van der Waals surface area (Å²) in [6, 6.07) is 5.45. The minimum atomic E-state index is -4.10. The predicted octanol–water partition coefficient (Wildman–Crippen LogP) is 2.17. The summed E-state index contributed by atoms with van der Waals surface area (Å²) in [6.07, 6.45) is 1.43. The highest BCUT2D eigenvalue weighted by atomic mass is 79.9. The second-order valence-corrected chi connectivity index (χ2v) is 7.58. The number of amides is 1. The van der Waals surface area contributed by atoms with Crippen LogP contribution in [0.5, 0.6) is 0 Å². The monoisotopic (exact) mass is 401 g/mol. The predicted molar refractivity (Wildman–Crippen MR) is 90.2 cm³/mol. The highest BCUT2D eigenvalue weighted by Crippen LogP contribution is 2.21. The van der Waals surface area contributed by atoms with Gasteiger partial charge in [-0.05, 0) is 37.1 Å². The Morgan fingerprint density at radius 2 is 2.13 bits per heavy atom. The number of nitrogens with one attached hydrogen (secondary N) is 1. The van der Waals surface area contributed by atoms with Crippen LogP contribution in [0.15, 0.2) is 28.9 Å². The van der Waals surface area contributed by atoms with Gasteiger partial charge in [0, 0.05) is 22.8 Å². The van der Waals surface area contributed by atoms with E-state index in [0.29, 0.717) is 11.3 Å². The molecule has 124 valence electrons. The molecule has 23 heavy (non-hydrogen) atoms. The highest BCUT2D eigenvalue weighted by molar-refractivity contribution is 9.10. The van der Waals surface area contributed by atoms with Crippen LogP contribution >= 0.6 is 15.9 Å². The molecule has 1 aromatic heterocycles. The SMILES string of the molecule is Cc1cc(Br)ccc1NC(=O)c1c(CCS(=O)(=O)O)cnn1C. The first-order valence-electron chi connectivity index (χ1n) is 6.71. The summed E-state index contributed by atoms with van der Waals surface area (Å²) in [5.41, 5.74) is 2.25. The van der Waals surface area contributed by atoms with Gasteiger partial charge in [-0.1, -0.05) is 15.9 Å². The van der Waals surface area contributed by atoms with E-state index in [2.05, 4.69) is 26.3 Å². The molecule has 2 rings (SSSR count). The summed E-state index contributed by atoms with van der Waals surface area (Å²) < 4.78 is 32.9. The van der Waals surface area contributed by atoms with Crippen molar-refractivity contribution in [3.63, 3.8) is 0 Å². The fraction of sp³-hybridized carbons (Fsp3) is 0.286. The van der Waals surface area contributed by atoms with Gasteiger partial charge in [-0.25, -0.2) is 0 Å². The van der Waals surface area contributed by atoms with Crippen LogP contribution < -0.4 is 5.32 Å². The molecule has 0 spiro atoms. The topological polar surface area (TPSA) is 101 Å².